The van der Waals surface area contributed by atoms with Crippen molar-refractivity contribution in [2.75, 3.05) is 0 Å². The maximum Gasteiger partial charge on any atom is 0.355 e. The van der Waals surface area contributed by atoms with E-state index in [-0.39, 0.29) is 5.78 Å². The average Bonchev–Trinajstić information content (AvgIpc) is 3.13. The van der Waals surface area contributed by atoms with E-state index in [0.29, 0.717) is 11.3 Å². The van der Waals surface area contributed by atoms with Gasteiger partial charge >= 0.3 is 5.97 Å². The summed E-state index contributed by atoms with van der Waals surface area (Å²) in [6.45, 7) is 1.62. The minimum absolute atomic E-state index is 0.155. The topological polar surface area (TPSA) is 48.3 Å². The highest BCUT2D eigenvalue weighted by Gasteiger charge is 2.23. The summed E-state index contributed by atoms with van der Waals surface area (Å²) in [5.74, 6) is -0.633. The molecule has 0 aliphatic heterocycles. The molecular formula is C18H19NO3. The molecule has 2 aromatic rings. The second kappa shape index (κ2) is 5.79. The average molecular weight is 297 g/mol. The van der Waals surface area contributed by atoms with E-state index >= 15 is 0 Å². The fourth-order valence-corrected chi connectivity index (χ4v) is 2.91. The molecule has 0 spiro atoms. The molecule has 1 aromatic carbocycles. The lowest BCUT2D eigenvalue weighted by atomic mass is 10.0. The third-order valence-electron chi connectivity index (χ3n) is 4.19. The highest BCUT2D eigenvalue weighted by atomic mass is 16.5. The van der Waals surface area contributed by atoms with Gasteiger partial charge in [0.1, 0.15) is 5.69 Å². The number of hydrogen-bond acceptors (Lipinski definition) is 3. The smallest absolute Gasteiger partial charge is 0.355 e. The van der Waals surface area contributed by atoms with Crippen LogP contribution < -0.4 is 0 Å². The minimum Gasteiger partial charge on any atom is -0.450 e. The van der Waals surface area contributed by atoms with Crippen molar-refractivity contribution in [2.24, 2.45) is 7.05 Å². The van der Waals surface area contributed by atoms with Gasteiger partial charge in [-0.15, -0.1) is 0 Å². The summed E-state index contributed by atoms with van der Waals surface area (Å²) >= 11 is 0. The second-order valence-electron chi connectivity index (χ2n) is 5.75. The number of Topliss-reactive ketones (excluding diaryl/α,β-unsaturated/α-hetero) is 1. The lowest BCUT2D eigenvalue weighted by Crippen LogP contribution is -2.25. The molecule has 0 radical (unpaired) electrons. The van der Waals surface area contributed by atoms with Crippen molar-refractivity contribution in [1.82, 2.24) is 4.57 Å². The second-order valence-corrected chi connectivity index (χ2v) is 5.75. The molecule has 0 N–H and O–H groups in total. The van der Waals surface area contributed by atoms with Crippen LogP contribution in [0.3, 0.4) is 0 Å². The first-order chi connectivity index (χ1) is 10.6. The Morgan fingerprint density at radius 2 is 1.95 bits per heavy atom. The van der Waals surface area contributed by atoms with Crippen molar-refractivity contribution in [3.63, 3.8) is 0 Å². The van der Waals surface area contributed by atoms with E-state index < -0.39 is 12.1 Å². The maximum atomic E-state index is 12.5. The summed E-state index contributed by atoms with van der Waals surface area (Å²) in [5.41, 5.74) is 3.62. The standard InChI is InChI=1S/C18H19NO3/c1-12(22-18(21)16-7-4-10-19(16)2)17(20)15-9-8-13-5-3-6-14(13)11-15/h4,7-12H,3,5-6H2,1-2H3/t12-/m1/s1. The quantitative estimate of drug-likeness (QED) is 0.644. The first-order valence-electron chi connectivity index (χ1n) is 7.54. The third kappa shape index (κ3) is 2.69. The molecule has 1 aromatic heterocycles. The Morgan fingerprint density at radius 1 is 1.18 bits per heavy atom. The van der Waals surface area contributed by atoms with Gasteiger partial charge in [-0.1, -0.05) is 12.1 Å². The van der Waals surface area contributed by atoms with Crippen LogP contribution in [-0.4, -0.2) is 22.4 Å². The van der Waals surface area contributed by atoms with Gasteiger partial charge in [0.05, 0.1) is 0 Å². The molecule has 3 rings (SSSR count). The van der Waals surface area contributed by atoms with Crippen LogP contribution in [0.4, 0.5) is 0 Å². The number of benzene rings is 1. The summed E-state index contributed by atoms with van der Waals surface area (Å²) in [5, 5.41) is 0. The molecule has 0 unspecified atom stereocenters. The molecule has 114 valence electrons. The van der Waals surface area contributed by atoms with Gasteiger partial charge in [-0.05, 0) is 55.5 Å². The molecule has 0 saturated carbocycles. The Morgan fingerprint density at radius 3 is 2.68 bits per heavy atom. The molecule has 1 aliphatic rings. The van der Waals surface area contributed by atoms with Crippen LogP contribution in [0.25, 0.3) is 0 Å². The Hall–Kier alpha value is -2.36. The van der Waals surface area contributed by atoms with E-state index in [1.807, 2.05) is 18.2 Å². The zero-order valence-electron chi connectivity index (χ0n) is 12.8. The van der Waals surface area contributed by atoms with E-state index in [9.17, 15) is 9.59 Å². The van der Waals surface area contributed by atoms with Gasteiger partial charge in [-0.2, -0.15) is 0 Å². The molecule has 1 atom stereocenters. The van der Waals surface area contributed by atoms with Gasteiger partial charge in [0.15, 0.2) is 6.10 Å². The van der Waals surface area contributed by atoms with Gasteiger partial charge in [0.2, 0.25) is 5.78 Å². The number of ether oxygens (including phenoxy) is 1. The number of aryl methyl sites for hydroxylation is 3. The summed E-state index contributed by atoms with van der Waals surface area (Å²) in [6.07, 6.45) is 4.23. The van der Waals surface area contributed by atoms with Gasteiger partial charge in [-0.25, -0.2) is 4.79 Å². The molecular weight excluding hydrogens is 278 g/mol. The Kier molecular flexibility index (Phi) is 3.84. The number of ketones is 1. The van der Waals surface area contributed by atoms with Crippen LogP contribution in [0.5, 0.6) is 0 Å². The van der Waals surface area contributed by atoms with Crippen LogP contribution in [-0.2, 0) is 24.6 Å². The van der Waals surface area contributed by atoms with Crippen LogP contribution in [0, 0.1) is 0 Å². The molecule has 0 bridgehead atoms. The lowest BCUT2D eigenvalue weighted by molar-refractivity contribution is 0.0309. The summed E-state index contributed by atoms with van der Waals surface area (Å²) < 4.78 is 6.98. The lowest BCUT2D eigenvalue weighted by Gasteiger charge is -2.13. The highest BCUT2D eigenvalue weighted by molar-refractivity contribution is 6.01. The summed E-state index contributed by atoms with van der Waals surface area (Å²) in [4.78, 5) is 24.5. The third-order valence-corrected chi connectivity index (χ3v) is 4.19. The van der Waals surface area contributed by atoms with E-state index in [1.54, 1.807) is 36.9 Å². The molecule has 0 amide bonds. The van der Waals surface area contributed by atoms with Gasteiger partial charge in [0, 0.05) is 18.8 Å². The van der Waals surface area contributed by atoms with Crippen LogP contribution in [0.1, 0.15) is 45.3 Å². The van der Waals surface area contributed by atoms with Crippen molar-refractivity contribution in [3.8, 4) is 0 Å². The monoisotopic (exact) mass is 297 g/mol. The van der Waals surface area contributed by atoms with Crippen molar-refractivity contribution in [1.29, 1.82) is 0 Å². The first-order valence-corrected chi connectivity index (χ1v) is 7.54. The normalized spacial score (nSPS) is 14.5. The van der Waals surface area contributed by atoms with Crippen molar-refractivity contribution >= 4 is 11.8 Å². The molecule has 0 fully saturated rings. The van der Waals surface area contributed by atoms with Crippen molar-refractivity contribution in [3.05, 3.63) is 58.9 Å². The van der Waals surface area contributed by atoms with E-state index in [2.05, 4.69) is 0 Å². The molecule has 1 heterocycles. The predicted molar refractivity (Wildman–Crippen MR) is 83.1 cm³/mol. The van der Waals surface area contributed by atoms with Crippen molar-refractivity contribution in [2.45, 2.75) is 32.3 Å². The zero-order valence-corrected chi connectivity index (χ0v) is 12.8. The fraction of sp³-hybridized carbons (Fsp3) is 0.333. The number of esters is 1. The largest absolute Gasteiger partial charge is 0.450 e. The molecule has 0 saturated heterocycles. The number of rotatable bonds is 4. The number of carbonyl (C=O) groups excluding carboxylic acids is 2. The Labute approximate surface area is 129 Å². The highest BCUT2D eigenvalue weighted by Crippen LogP contribution is 2.23. The first kappa shape index (κ1) is 14.6. The molecule has 22 heavy (non-hydrogen) atoms. The van der Waals surface area contributed by atoms with E-state index in [0.717, 1.165) is 19.3 Å². The van der Waals surface area contributed by atoms with Crippen LogP contribution in [0.2, 0.25) is 0 Å². The van der Waals surface area contributed by atoms with Gasteiger partial charge in [0.25, 0.3) is 0 Å². The number of aromatic nitrogens is 1. The fourth-order valence-electron chi connectivity index (χ4n) is 2.91. The number of nitrogens with zero attached hydrogens (tertiary/aromatic N) is 1. The van der Waals surface area contributed by atoms with Gasteiger partial charge in [-0.3, -0.25) is 4.79 Å². The number of hydrogen-bond donors (Lipinski definition) is 0. The zero-order chi connectivity index (χ0) is 15.7. The van der Waals surface area contributed by atoms with Crippen LogP contribution in [0.15, 0.2) is 36.5 Å². The van der Waals surface area contributed by atoms with Crippen LogP contribution >= 0.6 is 0 Å². The molecule has 1 aliphatic carbocycles. The Balaban J connectivity index is 1.72. The van der Waals surface area contributed by atoms with Crippen molar-refractivity contribution < 1.29 is 14.3 Å². The summed E-state index contributed by atoms with van der Waals surface area (Å²) in [7, 11) is 1.77. The Bertz CT molecular complexity index is 730. The SMILES string of the molecule is C[C@@H](OC(=O)c1cccn1C)C(=O)c1ccc2c(c1)CCC2. The molecule has 4 nitrogen and oxygen atoms in total. The molecule has 4 heteroatoms. The van der Waals surface area contributed by atoms with E-state index in [4.69, 9.17) is 4.74 Å². The number of carbonyl (C=O) groups is 2. The minimum atomic E-state index is -0.790. The van der Waals surface area contributed by atoms with Gasteiger partial charge < -0.3 is 9.30 Å². The predicted octanol–water partition coefficient (Wildman–Crippen LogP) is 2.94. The number of fused-ring (bicyclic) bond motifs is 1. The van der Waals surface area contributed by atoms with E-state index in [1.165, 1.54) is 11.1 Å². The summed E-state index contributed by atoms with van der Waals surface area (Å²) in [6, 6.07) is 9.23. The maximum absolute atomic E-state index is 12.5.